The maximum absolute atomic E-state index is 5.38. The number of ether oxygens (including phenoxy) is 2. The van der Waals surface area contributed by atoms with Crippen LogP contribution >= 0.6 is 0 Å². The van der Waals surface area contributed by atoms with Gasteiger partial charge in [0, 0.05) is 25.8 Å². The fourth-order valence-corrected chi connectivity index (χ4v) is 2.32. The number of rotatable bonds is 6. The van der Waals surface area contributed by atoms with Crippen molar-refractivity contribution < 1.29 is 9.47 Å². The monoisotopic (exact) mass is 273 g/mol. The molecule has 2 heterocycles. The normalized spacial score (nSPS) is 12.8. The first-order chi connectivity index (χ1) is 9.86. The summed E-state index contributed by atoms with van der Waals surface area (Å²) in [5.74, 6) is 1.66. The lowest BCUT2D eigenvalue weighted by Crippen LogP contribution is -2.15. The van der Waals surface area contributed by atoms with Gasteiger partial charge >= 0.3 is 0 Å². The van der Waals surface area contributed by atoms with E-state index in [9.17, 15) is 0 Å². The van der Waals surface area contributed by atoms with Gasteiger partial charge in [-0.15, -0.1) is 0 Å². The molecule has 1 aliphatic rings. The summed E-state index contributed by atoms with van der Waals surface area (Å²) in [4.78, 5) is 4.20. The van der Waals surface area contributed by atoms with Gasteiger partial charge in [0.25, 0.3) is 0 Å². The number of imidazole rings is 1. The lowest BCUT2D eigenvalue weighted by Gasteiger charge is -2.08. The van der Waals surface area contributed by atoms with E-state index in [2.05, 4.69) is 27.9 Å². The molecule has 20 heavy (non-hydrogen) atoms. The molecule has 106 valence electrons. The SMILES string of the molecule is CCCn1cncc1CNCc1ccc2c(c1)OCO2. The highest BCUT2D eigenvalue weighted by atomic mass is 16.7. The summed E-state index contributed by atoms with van der Waals surface area (Å²) in [5, 5.41) is 3.44. The number of hydrogen-bond acceptors (Lipinski definition) is 4. The third kappa shape index (κ3) is 2.77. The average molecular weight is 273 g/mol. The van der Waals surface area contributed by atoms with Crippen molar-refractivity contribution in [3.63, 3.8) is 0 Å². The molecule has 1 N–H and O–H groups in total. The predicted molar refractivity (Wildman–Crippen MR) is 75.6 cm³/mol. The van der Waals surface area contributed by atoms with Crippen molar-refractivity contribution in [2.45, 2.75) is 33.0 Å². The molecule has 0 amide bonds. The number of aryl methyl sites for hydroxylation is 1. The lowest BCUT2D eigenvalue weighted by molar-refractivity contribution is 0.174. The van der Waals surface area contributed by atoms with Gasteiger partial charge in [-0.05, 0) is 24.1 Å². The lowest BCUT2D eigenvalue weighted by atomic mass is 10.2. The second-order valence-electron chi connectivity index (χ2n) is 4.87. The van der Waals surface area contributed by atoms with Crippen molar-refractivity contribution in [3.05, 3.63) is 42.0 Å². The predicted octanol–water partition coefficient (Wildman–Crippen LogP) is 2.31. The van der Waals surface area contributed by atoms with E-state index in [0.29, 0.717) is 6.79 Å². The van der Waals surface area contributed by atoms with Crippen LogP contribution in [0.5, 0.6) is 11.5 Å². The molecule has 0 bridgehead atoms. The Balaban J connectivity index is 1.56. The standard InChI is InChI=1S/C15H19N3O2/c1-2-5-18-10-17-9-13(18)8-16-7-12-3-4-14-15(6-12)20-11-19-14/h3-4,6,9-10,16H,2,5,7-8,11H2,1H3. The van der Waals surface area contributed by atoms with Crippen LogP contribution in [-0.2, 0) is 19.6 Å². The first kappa shape index (κ1) is 13.0. The van der Waals surface area contributed by atoms with Crippen LogP contribution in [0.3, 0.4) is 0 Å². The Bertz CT molecular complexity index is 580. The first-order valence-electron chi connectivity index (χ1n) is 6.95. The van der Waals surface area contributed by atoms with E-state index in [0.717, 1.165) is 37.6 Å². The minimum atomic E-state index is 0.322. The largest absolute Gasteiger partial charge is 0.454 e. The first-order valence-corrected chi connectivity index (χ1v) is 6.95. The Morgan fingerprint density at radius 1 is 1.25 bits per heavy atom. The molecule has 1 aliphatic heterocycles. The molecule has 1 aromatic carbocycles. The van der Waals surface area contributed by atoms with Crippen LogP contribution in [0.4, 0.5) is 0 Å². The smallest absolute Gasteiger partial charge is 0.231 e. The average Bonchev–Trinajstić information content (AvgIpc) is 3.08. The molecule has 0 radical (unpaired) electrons. The van der Waals surface area contributed by atoms with Gasteiger partial charge in [-0.1, -0.05) is 13.0 Å². The summed E-state index contributed by atoms with van der Waals surface area (Å²) in [7, 11) is 0. The number of hydrogen-bond donors (Lipinski definition) is 1. The van der Waals surface area contributed by atoms with E-state index in [4.69, 9.17) is 9.47 Å². The van der Waals surface area contributed by atoms with Crippen molar-refractivity contribution in [2.24, 2.45) is 0 Å². The number of aromatic nitrogens is 2. The molecule has 2 aromatic rings. The van der Waals surface area contributed by atoms with Crippen molar-refractivity contribution in [1.82, 2.24) is 14.9 Å². The van der Waals surface area contributed by atoms with Crippen LogP contribution < -0.4 is 14.8 Å². The molecule has 3 rings (SSSR count). The molecule has 0 aliphatic carbocycles. The van der Waals surface area contributed by atoms with Crippen LogP contribution in [0, 0.1) is 0 Å². The fourth-order valence-electron chi connectivity index (χ4n) is 2.32. The van der Waals surface area contributed by atoms with Crippen molar-refractivity contribution in [3.8, 4) is 11.5 Å². The molecule has 0 saturated carbocycles. The van der Waals surface area contributed by atoms with Crippen molar-refractivity contribution in [2.75, 3.05) is 6.79 Å². The quantitative estimate of drug-likeness (QED) is 0.877. The molecule has 0 atom stereocenters. The van der Waals surface area contributed by atoms with E-state index in [1.807, 2.05) is 24.7 Å². The number of fused-ring (bicyclic) bond motifs is 1. The minimum Gasteiger partial charge on any atom is -0.454 e. The molecule has 0 spiro atoms. The second kappa shape index (κ2) is 5.96. The van der Waals surface area contributed by atoms with Gasteiger partial charge in [0.2, 0.25) is 6.79 Å². The fraction of sp³-hybridized carbons (Fsp3) is 0.400. The Morgan fingerprint density at radius 3 is 3.05 bits per heavy atom. The van der Waals surface area contributed by atoms with Gasteiger partial charge in [-0.2, -0.15) is 0 Å². The highest BCUT2D eigenvalue weighted by Crippen LogP contribution is 2.32. The van der Waals surface area contributed by atoms with Crippen molar-refractivity contribution in [1.29, 1.82) is 0 Å². The molecule has 0 fully saturated rings. The van der Waals surface area contributed by atoms with E-state index < -0.39 is 0 Å². The van der Waals surface area contributed by atoms with Crippen LogP contribution in [0.25, 0.3) is 0 Å². The molecule has 5 heteroatoms. The zero-order chi connectivity index (χ0) is 13.8. The van der Waals surface area contributed by atoms with Crippen LogP contribution in [-0.4, -0.2) is 16.3 Å². The zero-order valence-electron chi connectivity index (χ0n) is 11.6. The van der Waals surface area contributed by atoms with E-state index in [1.165, 1.54) is 11.3 Å². The summed E-state index contributed by atoms with van der Waals surface area (Å²) in [5.41, 5.74) is 2.41. The second-order valence-corrected chi connectivity index (χ2v) is 4.87. The Kier molecular flexibility index (Phi) is 3.87. The number of benzene rings is 1. The Morgan fingerprint density at radius 2 is 2.15 bits per heavy atom. The van der Waals surface area contributed by atoms with Gasteiger partial charge in [0.05, 0.1) is 12.0 Å². The molecule has 0 saturated heterocycles. The highest BCUT2D eigenvalue weighted by Gasteiger charge is 2.12. The maximum Gasteiger partial charge on any atom is 0.231 e. The van der Waals surface area contributed by atoms with Crippen molar-refractivity contribution >= 4 is 0 Å². The molecular weight excluding hydrogens is 254 g/mol. The van der Waals surface area contributed by atoms with Gasteiger partial charge in [0.1, 0.15) is 0 Å². The summed E-state index contributed by atoms with van der Waals surface area (Å²) in [6.45, 7) is 5.12. The van der Waals surface area contributed by atoms with Crippen LogP contribution in [0.1, 0.15) is 24.6 Å². The molecule has 1 aromatic heterocycles. The third-order valence-corrected chi connectivity index (χ3v) is 3.34. The summed E-state index contributed by atoms with van der Waals surface area (Å²) < 4.78 is 12.9. The van der Waals surface area contributed by atoms with E-state index in [-0.39, 0.29) is 0 Å². The summed E-state index contributed by atoms with van der Waals surface area (Å²) >= 11 is 0. The molecular formula is C15H19N3O2. The van der Waals surface area contributed by atoms with Crippen LogP contribution in [0.15, 0.2) is 30.7 Å². The minimum absolute atomic E-state index is 0.322. The van der Waals surface area contributed by atoms with E-state index in [1.54, 1.807) is 0 Å². The highest BCUT2D eigenvalue weighted by molar-refractivity contribution is 5.44. The maximum atomic E-state index is 5.38. The van der Waals surface area contributed by atoms with Gasteiger partial charge < -0.3 is 19.4 Å². The molecule has 5 nitrogen and oxygen atoms in total. The Labute approximate surface area is 118 Å². The van der Waals surface area contributed by atoms with E-state index >= 15 is 0 Å². The van der Waals surface area contributed by atoms with Crippen LogP contribution in [0.2, 0.25) is 0 Å². The molecule has 0 unspecified atom stereocenters. The summed E-state index contributed by atoms with van der Waals surface area (Å²) in [6.07, 6.45) is 4.93. The third-order valence-electron chi connectivity index (χ3n) is 3.34. The number of nitrogens with one attached hydrogen (secondary N) is 1. The topological polar surface area (TPSA) is 48.3 Å². The number of nitrogens with zero attached hydrogens (tertiary/aromatic N) is 2. The van der Waals surface area contributed by atoms with Gasteiger partial charge in [-0.25, -0.2) is 4.98 Å². The van der Waals surface area contributed by atoms with Gasteiger partial charge in [-0.3, -0.25) is 0 Å². The van der Waals surface area contributed by atoms with Gasteiger partial charge in [0.15, 0.2) is 11.5 Å². The Hall–Kier alpha value is -2.01. The summed E-state index contributed by atoms with van der Waals surface area (Å²) in [6, 6.07) is 6.04. The zero-order valence-corrected chi connectivity index (χ0v) is 11.6.